The highest BCUT2D eigenvalue weighted by atomic mass is 35.5. The molecule has 0 spiro atoms. The van der Waals surface area contributed by atoms with Gasteiger partial charge >= 0.3 is 0 Å². The number of hydrogen-bond acceptors (Lipinski definition) is 6. The minimum absolute atomic E-state index is 0.123. The lowest BCUT2D eigenvalue weighted by Gasteiger charge is -2.30. The van der Waals surface area contributed by atoms with Gasteiger partial charge in [-0.2, -0.15) is 5.26 Å². The van der Waals surface area contributed by atoms with Gasteiger partial charge in [0.1, 0.15) is 11.6 Å². The van der Waals surface area contributed by atoms with Gasteiger partial charge in [0.25, 0.3) is 11.8 Å². The number of amides is 2. The summed E-state index contributed by atoms with van der Waals surface area (Å²) in [5.41, 5.74) is 2.95. The van der Waals surface area contributed by atoms with Gasteiger partial charge in [0.05, 0.1) is 17.1 Å². The fourth-order valence-corrected chi connectivity index (χ4v) is 5.33. The van der Waals surface area contributed by atoms with E-state index >= 15 is 0 Å². The molecular weight excluding hydrogens is 586 g/mol. The number of imidazole rings is 1. The first-order chi connectivity index (χ1) is 21.1. The molecule has 240 valence electrons. The number of nitrogens with one attached hydrogen (secondary N) is 2. The first kappa shape index (κ1) is 34.2. The van der Waals surface area contributed by atoms with E-state index in [0.29, 0.717) is 42.2 Å². The molecule has 4 rings (SSSR count). The first-order valence-electron chi connectivity index (χ1n) is 15.5. The van der Waals surface area contributed by atoms with Gasteiger partial charge in [0.2, 0.25) is 5.95 Å². The number of aromatic nitrogens is 2. The number of rotatable bonds is 10. The summed E-state index contributed by atoms with van der Waals surface area (Å²) >= 11 is 6.05. The molecule has 2 amide bonds. The lowest BCUT2D eigenvalue weighted by Crippen LogP contribution is -2.41. The average molecular weight is 632 g/mol. The number of nitriles is 1. The molecule has 3 aromatic rings. The number of likely N-dealkylation sites (tertiary alicyclic amines) is 1. The minimum atomic E-state index is -0.465. The van der Waals surface area contributed by atoms with Crippen molar-refractivity contribution in [2.24, 2.45) is 5.41 Å². The van der Waals surface area contributed by atoms with Crippen LogP contribution in [0.2, 0.25) is 5.02 Å². The van der Waals surface area contributed by atoms with E-state index < -0.39 is 5.54 Å². The summed E-state index contributed by atoms with van der Waals surface area (Å²) in [6.07, 6.45) is 3.34. The normalized spacial score (nSPS) is 16.7. The third-order valence-corrected chi connectivity index (χ3v) is 9.34. The Kier molecular flexibility index (Phi) is 10.4. The number of hydrogen-bond donors (Lipinski definition) is 2. The Morgan fingerprint density at radius 3 is 2.47 bits per heavy atom. The monoisotopic (exact) mass is 631 g/mol. The molecular formula is C35H46ClN7O2. The van der Waals surface area contributed by atoms with Crippen molar-refractivity contribution in [1.82, 2.24) is 24.7 Å². The first-order valence-corrected chi connectivity index (χ1v) is 15.9. The molecule has 0 aliphatic carbocycles. The van der Waals surface area contributed by atoms with Crippen LogP contribution in [0.15, 0.2) is 54.1 Å². The van der Waals surface area contributed by atoms with Crippen molar-refractivity contribution in [2.45, 2.75) is 85.1 Å². The summed E-state index contributed by atoms with van der Waals surface area (Å²) < 4.78 is 1.98. The highest BCUT2D eigenvalue weighted by Gasteiger charge is 2.33. The third kappa shape index (κ3) is 8.12. The number of carbonyl (C=O) groups is 2. The molecule has 1 aliphatic rings. The maximum atomic E-state index is 13.7. The van der Waals surface area contributed by atoms with Crippen LogP contribution in [0, 0.1) is 16.7 Å². The summed E-state index contributed by atoms with van der Waals surface area (Å²) in [6.45, 7) is 14.4. The second-order valence-electron chi connectivity index (χ2n) is 13.8. The second-order valence-corrected chi connectivity index (χ2v) is 14.2. The smallest absolute Gasteiger partial charge is 0.264 e. The van der Waals surface area contributed by atoms with Crippen molar-refractivity contribution < 1.29 is 9.59 Å². The Morgan fingerprint density at radius 1 is 1.16 bits per heavy atom. The molecule has 1 aromatic heterocycles. The average Bonchev–Trinajstić information content (AvgIpc) is 3.58. The number of anilines is 1. The fraction of sp³-hybridized carbons (Fsp3) is 0.486. The van der Waals surface area contributed by atoms with Crippen molar-refractivity contribution in [3.63, 3.8) is 0 Å². The highest BCUT2D eigenvalue weighted by molar-refractivity contribution is 6.30. The standard InChI is InChI=1S/C35H46ClN7O2/c1-23(34(2,3)4)38-21-24-11-16-30-29(18-24)39-33(40-31(44)25-12-14-27(36)15-13-25)43(30)22-28-10-9-17-42(28)32(45)26(20-37)19-35(5,6)41(7)8/h11-16,18-19,23,28,38H,9-10,17,21-22H2,1-8H3,(H,39,40,44)/b26-19+/t23-,28?/m0/s1. The number of halogens is 1. The van der Waals surface area contributed by atoms with Gasteiger partial charge in [0.15, 0.2) is 0 Å². The van der Waals surface area contributed by atoms with Crippen LogP contribution in [0.5, 0.6) is 0 Å². The van der Waals surface area contributed by atoms with E-state index in [-0.39, 0.29) is 28.8 Å². The van der Waals surface area contributed by atoms with Gasteiger partial charge in [-0.25, -0.2) is 4.98 Å². The van der Waals surface area contributed by atoms with Gasteiger partial charge < -0.3 is 19.7 Å². The fourth-order valence-electron chi connectivity index (χ4n) is 5.20. The summed E-state index contributed by atoms with van der Waals surface area (Å²) in [5, 5.41) is 17.1. The van der Waals surface area contributed by atoms with Crippen molar-refractivity contribution >= 4 is 40.4 Å². The Balaban J connectivity index is 1.67. The number of likely N-dealkylation sites (N-methyl/N-ethyl adjacent to an activating group) is 1. The zero-order valence-electron chi connectivity index (χ0n) is 27.7. The molecule has 2 atom stereocenters. The van der Waals surface area contributed by atoms with Crippen LogP contribution in [0.1, 0.15) is 70.3 Å². The molecule has 1 fully saturated rings. The highest BCUT2D eigenvalue weighted by Crippen LogP contribution is 2.28. The minimum Gasteiger partial charge on any atom is -0.333 e. The second kappa shape index (κ2) is 13.7. The number of carbonyl (C=O) groups excluding carboxylic acids is 2. The topological polar surface area (TPSA) is 106 Å². The Hall–Kier alpha value is -3.71. The zero-order chi connectivity index (χ0) is 33.1. The third-order valence-electron chi connectivity index (χ3n) is 9.09. The molecule has 2 heterocycles. The number of nitrogens with zero attached hydrogens (tertiary/aromatic N) is 5. The van der Waals surface area contributed by atoms with E-state index in [9.17, 15) is 14.9 Å². The molecule has 0 radical (unpaired) electrons. The maximum Gasteiger partial charge on any atom is 0.264 e. The molecule has 1 saturated heterocycles. The van der Waals surface area contributed by atoms with E-state index in [0.717, 1.165) is 29.4 Å². The Morgan fingerprint density at radius 2 is 1.84 bits per heavy atom. The Labute approximate surface area is 272 Å². The molecule has 2 N–H and O–H groups in total. The Bertz CT molecular complexity index is 1610. The largest absolute Gasteiger partial charge is 0.333 e. The molecule has 1 unspecified atom stereocenters. The molecule has 45 heavy (non-hydrogen) atoms. The van der Waals surface area contributed by atoms with E-state index in [4.69, 9.17) is 16.6 Å². The van der Waals surface area contributed by atoms with Crippen molar-refractivity contribution in [2.75, 3.05) is 26.0 Å². The predicted molar refractivity (Wildman–Crippen MR) is 181 cm³/mol. The lowest BCUT2D eigenvalue weighted by molar-refractivity contribution is -0.127. The maximum absolute atomic E-state index is 13.7. The number of benzene rings is 2. The van der Waals surface area contributed by atoms with Gasteiger partial charge in [0, 0.05) is 41.8 Å². The van der Waals surface area contributed by atoms with Crippen LogP contribution in [-0.4, -0.2) is 69.4 Å². The van der Waals surface area contributed by atoms with E-state index in [2.05, 4.69) is 50.5 Å². The summed E-state index contributed by atoms with van der Waals surface area (Å²) in [5.74, 6) is -0.168. The van der Waals surface area contributed by atoms with Crippen LogP contribution >= 0.6 is 11.6 Å². The molecule has 10 heteroatoms. The van der Waals surface area contributed by atoms with Crippen molar-refractivity contribution in [3.05, 3.63) is 70.3 Å². The van der Waals surface area contributed by atoms with Crippen LogP contribution in [-0.2, 0) is 17.9 Å². The summed E-state index contributed by atoms with van der Waals surface area (Å²) in [7, 11) is 3.84. The van der Waals surface area contributed by atoms with Gasteiger partial charge in [-0.15, -0.1) is 0 Å². The van der Waals surface area contributed by atoms with Crippen LogP contribution in [0.3, 0.4) is 0 Å². The van der Waals surface area contributed by atoms with Crippen molar-refractivity contribution in [3.8, 4) is 6.07 Å². The van der Waals surface area contributed by atoms with Crippen molar-refractivity contribution in [1.29, 1.82) is 5.26 Å². The van der Waals surface area contributed by atoms with Gasteiger partial charge in [-0.3, -0.25) is 14.9 Å². The van der Waals surface area contributed by atoms with Crippen LogP contribution < -0.4 is 10.6 Å². The van der Waals surface area contributed by atoms with E-state index in [1.807, 2.05) is 49.5 Å². The van der Waals surface area contributed by atoms with E-state index in [1.165, 1.54) is 0 Å². The molecule has 1 aliphatic heterocycles. The molecule has 9 nitrogen and oxygen atoms in total. The van der Waals surface area contributed by atoms with Gasteiger partial charge in [-0.05, 0) is 101 Å². The zero-order valence-corrected chi connectivity index (χ0v) is 28.5. The lowest BCUT2D eigenvalue weighted by atomic mass is 9.88. The molecule has 0 saturated carbocycles. The summed E-state index contributed by atoms with van der Waals surface area (Å²) in [6, 6.07) is 15.1. The van der Waals surface area contributed by atoms with Crippen LogP contribution in [0.4, 0.5) is 5.95 Å². The van der Waals surface area contributed by atoms with Crippen LogP contribution in [0.25, 0.3) is 11.0 Å². The molecule has 0 bridgehead atoms. The van der Waals surface area contributed by atoms with Gasteiger partial charge in [-0.1, -0.05) is 38.4 Å². The SMILES string of the molecule is C[C@H](NCc1ccc2c(c1)nc(NC(=O)c1ccc(Cl)cc1)n2CC1CCCN1C(=O)/C(C#N)=C/C(C)(C)N(C)C)C(C)(C)C. The van der Waals surface area contributed by atoms with E-state index in [1.54, 1.807) is 35.2 Å². The predicted octanol–water partition coefficient (Wildman–Crippen LogP) is 6.25. The quantitative estimate of drug-likeness (QED) is 0.202. The number of fused-ring (bicyclic) bond motifs is 1. The molecule has 2 aromatic carbocycles. The summed E-state index contributed by atoms with van der Waals surface area (Å²) in [4.78, 5) is 35.6.